The van der Waals surface area contributed by atoms with Crippen molar-refractivity contribution in [3.05, 3.63) is 29.6 Å². The largest absolute Gasteiger partial charge is 0.381 e. The lowest BCUT2D eigenvalue weighted by Gasteiger charge is -2.12. The maximum atomic E-state index is 13.3. The van der Waals surface area contributed by atoms with Gasteiger partial charge in [0.2, 0.25) is 0 Å². The lowest BCUT2D eigenvalue weighted by Crippen LogP contribution is -2.21. The maximum absolute atomic E-state index is 13.3. The molecular weight excluding hydrogens is 179 g/mol. The SMILES string of the molecule is Cc1ccc(NCCN(C)C)c(F)c1. The molecule has 0 saturated heterocycles. The second-order valence-electron chi connectivity index (χ2n) is 3.71. The highest BCUT2D eigenvalue weighted by atomic mass is 19.1. The van der Waals surface area contributed by atoms with Crippen molar-refractivity contribution >= 4 is 5.69 Å². The number of rotatable bonds is 4. The van der Waals surface area contributed by atoms with Gasteiger partial charge in [-0.25, -0.2) is 4.39 Å². The van der Waals surface area contributed by atoms with E-state index in [1.165, 1.54) is 6.07 Å². The molecule has 2 nitrogen and oxygen atoms in total. The highest BCUT2D eigenvalue weighted by Crippen LogP contribution is 2.14. The van der Waals surface area contributed by atoms with Gasteiger partial charge in [-0.05, 0) is 38.7 Å². The average Bonchev–Trinajstić information content (AvgIpc) is 2.08. The third kappa shape index (κ3) is 3.34. The lowest BCUT2D eigenvalue weighted by atomic mass is 10.2. The van der Waals surface area contributed by atoms with Gasteiger partial charge in [0.1, 0.15) is 5.82 Å². The third-order valence-corrected chi connectivity index (χ3v) is 2.00. The molecule has 1 rings (SSSR count). The van der Waals surface area contributed by atoms with Gasteiger partial charge in [0, 0.05) is 13.1 Å². The molecule has 78 valence electrons. The number of nitrogens with zero attached hydrogens (tertiary/aromatic N) is 1. The molecule has 0 atom stereocenters. The molecule has 0 amide bonds. The maximum Gasteiger partial charge on any atom is 0.146 e. The van der Waals surface area contributed by atoms with Gasteiger partial charge in [-0.3, -0.25) is 0 Å². The summed E-state index contributed by atoms with van der Waals surface area (Å²) in [6.07, 6.45) is 0. The van der Waals surface area contributed by atoms with Crippen molar-refractivity contribution in [1.29, 1.82) is 0 Å². The van der Waals surface area contributed by atoms with E-state index in [0.29, 0.717) is 5.69 Å². The van der Waals surface area contributed by atoms with Crippen LogP contribution in [0.1, 0.15) is 5.56 Å². The van der Waals surface area contributed by atoms with Crippen LogP contribution >= 0.6 is 0 Å². The molecule has 0 aromatic heterocycles. The van der Waals surface area contributed by atoms with E-state index < -0.39 is 0 Å². The molecule has 0 aliphatic rings. The first kappa shape index (κ1) is 11.0. The van der Waals surface area contributed by atoms with Crippen molar-refractivity contribution in [2.45, 2.75) is 6.92 Å². The summed E-state index contributed by atoms with van der Waals surface area (Å²) in [5.41, 5.74) is 1.53. The Morgan fingerprint density at radius 1 is 1.36 bits per heavy atom. The van der Waals surface area contributed by atoms with Crippen molar-refractivity contribution in [3.8, 4) is 0 Å². The van der Waals surface area contributed by atoms with Gasteiger partial charge in [0.25, 0.3) is 0 Å². The Bertz CT molecular complexity index is 297. The van der Waals surface area contributed by atoms with Gasteiger partial charge < -0.3 is 10.2 Å². The molecule has 0 bridgehead atoms. The fourth-order valence-corrected chi connectivity index (χ4v) is 1.18. The molecule has 14 heavy (non-hydrogen) atoms. The fourth-order valence-electron chi connectivity index (χ4n) is 1.18. The molecule has 1 N–H and O–H groups in total. The molecule has 0 heterocycles. The zero-order valence-corrected chi connectivity index (χ0v) is 8.97. The molecule has 0 spiro atoms. The fraction of sp³-hybridized carbons (Fsp3) is 0.455. The monoisotopic (exact) mass is 196 g/mol. The van der Waals surface area contributed by atoms with E-state index in [4.69, 9.17) is 0 Å². The van der Waals surface area contributed by atoms with Crippen LogP contribution < -0.4 is 5.32 Å². The number of hydrogen-bond donors (Lipinski definition) is 1. The Morgan fingerprint density at radius 2 is 2.07 bits per heavy atom. The molecule has 1 aromatic rings. The first-order chi connectivity index (χ1) is 6.59. The Labute approximate surface area is 84.7 Å². The summed E-state index contributed by atoms with van der Waals surface area (Å²) in [6, 6.07) is 5.22. The Hall–Kier alpha value is -1.09. The third-order valence-electron chi connectivity index (χ3n) is 2.00. The van der Waals surface area contributed by atoms with E-state index in [-0.39, 0.29) is 5.82 Å². The summed E-state index contributed by atoms with van der Waals surface area (Å²) in [7, 11) is 3.99. The second kappa shape index (κ2) is 4.96. The average molecular weight is 196 g/mol. The summed E-state index contributed by atoms with van der Waals surface area (Å²) in [6.45, 7) is 3.53. The van der Waals surface area contributed by atoms with Gasteiger partial charge in [0.05, 0.1) is 5.69 Å². The van der Waals surface area contributed by atoms with Crippen LogP contribution in [0.5, 0.6) is 0 Å². The Kier molecular flexibility index (Phi) is 3.89. The van der Waals surface area contributed by atoms with Gasteiger partial charge >= 0.3 is 0 Å². The highest BCUT2D eigenvalue weighted by Gasteiger charge is 2.00. The van der Waals surface area contributed by atoms with Gasteiger partial charge in [-0.15, -0.1) is 0 Å². The summed E-state index contributed by atoms with van der Waals surface area (Å²) in [4.78, 5) is 2.05. The van der Waals surface area contributed by atoms with Crippen LogP contribution in [-0.4, -0.2) is 32.1 Å². The van der Waals surface area contributed by atoms with Crippen molar-refractivity contribution in [3.63, 3.8) is 0 Å². The first-order valence-electron chi connectivity index (χ1n) is 4.74. The Morgan fingerprint density at radius 3 is 2.64 bits per heavy atom. The van der Waals surface area contributed by atoms with Gasteiger partial charge in [-0.2, -0.15) is 0 Å². The highest BCUT2D eigenvalue weighted by molar-refractivity contribution is 5.46. The number of anilines is 1. The van der Waals surface area contributed by atoms with E-state index in [9.17, 15) is 4.39 Å². The zero-order valence-electron chi connectivity index (χ0n) is 8.97. The zero-order chi connectivity index (χ0) is 10.6. The first-order valence-corrected chi connectivity index (χ1v) is 4.74. The summed E-state index contributed by atoms with van der Waals surface area (Å²) in [5, 5.41) is 3.05. The minimum absolute atomic E-state index is 0.177. The number of likely N-dealkylation sites (N-methyl/N-ethyl adjacent to an activating group) is 1. The van der Waals surface area contributed by atoms with Crippen molar-refractivity contribution < 1.29 is 4.39 Å². The Balaban J connectivity index is 2.51. The predicted molar refractivity (Wildman–Crippen MR) is 58.2 cm³/mol. The molecule has 0 fully saturated rings. The van der Waals surface area contributed by atoms with Crippen LogP contribution in [0.3, 0.4) is 0 Å². The van der Waals surface area contributed by atoms with Crippen molar-refractivity contribution in [2.75, 3.05) is 32.5 Å². The molecule has 0 aliphatic carbocycles. The molecule has 0 radical (unpaired) electrons. The van der Waals surface area contributed by atoms with Crippen LogP contribution in [-0.2, 0) is 0 Å². The van der Waals surface area contributed by atoms with Gasteiger partial charge in [0.15, 0.2) is 0 Å². The number of nitrogens with one attached hydrogen (secondary N) is 1. The number of halogens is 1. The minimum Gasteiger partial charge on any atom is -0.381 e. The topological polar surface area (TPSA) is 15.3 Å². The van der Waals surface area contributed by atoms with Crippen molar-refractivity contribution in [2.24, 2.45) is 0 Å². The van der Waals surface area contributed by atoms with Crippen LogP contribution in [0.25, 0.3) is 0 Å². The minimum atomic E-state index is -0.177. The van der Waals surface area contributed by atoms with Gasteiger partial charge in [-0.1, -0.05) is 6.07 Å². The van der Waals surface area contributed by atoms with Crippen LogP contribution in [0.15, 0.2) is 18.2 Å². The second-order valence-corrected chi connectivity index (χ2v) is 3.71. The molecule has 0 aliphatic heterocycles. The van der Waals surface area contributed by atoms with Crippen LogP contribution in [0.2, 0.25) is 0 Å². The number of aryl methyl sites for hydroxylation is 1. The summed E-state index contributed by atoms with van der Waals surface area (Å²) in [5.74, 6) is -0.177. The standard InChI is InChI=1S/C11H17FN2/c1-9-4-5-11(10(12)8-9)13-6-7-14(2)3/h4-5,8,13H,6-7H2,1-3H3. The smallest absolute Gasteiger partial charge is 0.146 e. The van der Waals surface area contributed by atoms with Crippen molar-refractivity contribution in [1.82, 2.24) is 4.90 Å². The van der Waals surface area contributed by atoms with E-state index in [0.717, 1.165) is 18.7 Å². The molecule has 0 saturated carbocycles. The van der Waals surface area contributed by atoms with E-state index >= 15 is 0 Å². The van der Waals surface area contributed by atoms with Crippen LogP contribution in [0, 0.1) is 12.7 Å². The van der Waals surface area contributed by atoms with Crippen LogP contribution in [0.4, 0.5) is 10.1 Å². The summed E-state index contributed by atoms with van der Waals surface area (Å²) < 4.78 is 13.3. The molecule has 0 unspecified atom stereocenters. The molecule has 1 aromatic carbocycles. The molecular formula is C11H17FN2. The summed E-state index contributed by atoms with van der Waals surface area (Å²) >= 11 is 0. The normalized spacial score (nSPS) is 10.6. The quantitative estimate of drug-likeness (QED) is 0.793. The number of benzene rings is 1. The van der Waals surface area contributed by atoms with E-state index in [1.54, 1.807) is 6.07 Å². The lowest BCUT2D eigenvalue weighted by molar-refractivity contribution is 0.425. The number of hydrogen-bond acceptors (Lipinski definition) is 2. The predicted octanol–water partition coefficient (Wildman–Crippen LogP) is 2.11. The molecule has 3 heteroatoms. The van der Waals surface area contributed by atoms with E-state index in [1.807, 2.05) is 27.1 Å². The van der Waals surface area contributed by atoms with E-state index in [2.05, 4.69) is 10.2 Å².